The summed E-state index contributed by atoms with van der Waals surface area (Å²) in [6, 6.07) is 0. The van der Waals surface area contributed by atoms with Gasteiger partial charge < -0.3 is 34.9 Å². The van der Waals surface area contributed by atoms with Crippen molar-refractivity contribution in [3.05, 3.63) is 0 Å². The van der Waals surface area contributed by atoms with Gasteiger partial charge in [-0.05, 0) is 104 Å². The van der Waals surface area contributed by atoms with Gasteiger partial charge in [0.1, 0.15) is 0 Å². The first-order valence-corrected chi connectivity index (χ1v) is 16.4. The summed E-state index contributed by atoms with van der Waals surface area (Å²) in [5, 5.41) is 28.6. The smallest absolute Gasteiger partial charge is 0.369 e. The minimum absolute atomic E-state index is 0.0820. The van der Waals surface area contributed by atoms with E-state index in [1.54, 1.807) is 0 Å². The van der Waals surface area contributed by atoms with Crippen LogP contribution in [0.4, 0.5) is 0 Å². The summed E-state index contributed by atoms with van der Waals surface area (Å²) in [5.41, 5.74) is 0.0405. The van der Waals surface area contributed by atoms with Crippen molar-refractivity contribution in [1.82, 2.24) is 0 Å². The second kappa shape index (κ2) is 9.14. The van der Waals surface area contributed by atoms with E-state index >= 15 is 0 Å². The van der Waals surface area contributed by atoms with Gasteiger partial charge in [0, 0.05) is 6.42 Å². The molecule has 0 saturated heterocycles. The number of aliphatic hydroxyl groups excluding tert-OH is 2. The predicted molar refractivity (Wildman–Crippen MR) is 130 cm³/mol. The highest BCUT2D eigenvalue weighted by atomic mass is 31.2. The Bertz CT molecular complexity index is 879. The Morgan fingerprint density at radius 1 is 0.886 bits per heavy atom. The summed E-state index contributed by atoms with van der Waals surface area (Å²) in [4.78, 5) is 38.0. The molecular weight excluding hydrogens is 494 g/mol. The lowest BCUT2D eigenvalue weighted by molar-refractivity contribution is -0.174. The quantitative estimate of drug-likeness (QED) is 0.250. The molecule has 0 unspecified atom stereocenters. The van der Waals surface area contributed by atoms with Crippen molar-refractivity contribution in [2.24, 2.45) is 46.3 Å². The number of fused-ring (bicyclic) bond motifs is 5. The highest BCUT2D eigenvalue weighted by Gasteiger charge is 2.63. The van der Waals surface area contributed by atoms with Crippen LogP contribution in [0.25, 0.3) is 0 Å². The lowest BCUT2D eigenvalue weighted by Gasteiger charge is -2.62. The predicted octanol–water partition coefficient (Wildman–Crippen LogP) is 3.39. The third-order valence-corrected chi connectivity index (χ3v) is 15.2. The minimum Gasteiger partial charge on any atom is -0.393 e. The first kappa shape index (κ1) is 28.2. The Balaban J connectivity index is 1.52. The maximum Gasteiger partial charge on any atom is 0.369 e. The van der Waals surface area contributed by atoms with E-state index in [1.807, 2.05) is 6.92 Å². The van der Waals surface area contributed by atoms with Gasteiger partial charge in [0.2, 0.25) is 0 Å². The zero-order valence-corrected chi connectivity index (χ0v) is 22.8. The average Bonchev–Trinajstić information content (AvgIpc) is 3.08. The average molecular weight is 539 g/mol. The summed E-state index contributed by atoms with van der Waals surface area (Å²) in [6.07, 6.45) is 5.84. The number of aliphatic hydroxyl groups is 3. The summed E-state index contributed by atoms with van der Waals surface area (Å²) >= 11 is 0. The third kappa shape index (κ3) is 4.45. The van der Waals surface area contributed by atoms with Crippen LogP contribution in [0.1, 0.15) is 85.0 Å². The monoisotopic (exact) mass is 538 g/mol. The molecule has 0 radical (unpaired) electrons. The molecule has 10 atom stereocenters. The molecule has 0 amide bonds. The molecule has 9 nitrogen and oxygen atoms in total. The molecule has 0 heterocycles. The molecule has 35 heavy (non-hydrogen) atoms. The zero-order chi connectivity index (χ0) is 26.2. The normalized spacial score (nSPS) is 45.4. The van der Waals surface area contributed by atoms with Gasteiger partial charge >= 0.3 is 15.2 Å². The van der Waals surface area contributed by atoms with Gasteiger partial charge in [-0.15, -0.1) is 0 Å². The van der Waals surface area contributed by atoms with Gasteiger partial charge in [-0.2, -0.15) is 0 Å². The minimum atomic E-state index is -5.46. The van der Waals surface area contributed by atoms with Crippen LogP contribution >= 0.6 is 15.2 Å². The van der Waals surface area contributed by atoms with Crippen molar-refractivity contribution < 1.29 is 44.0 Å². The Hall–Kier alpha value is 0.180. The van der Waals surface area contributed by atoms with Crippen LogP contribution in [-0.4, -0.2) is 52.2 Å². The highest BCUT2D eigenvalue weighted by Crippen LogP contribution is 2.71. The van der Waals surface area contributed by atoms with Crippen molar-refractivity contribution >= 4 is 15.2 Å². The molecule has 4 aliphatic rings. The molecule has 0 bridgehead atoms. The summed E-state index contributed by atoms with van der Waals surface area (Å²) in [7, 11) is -10.9. The molecular formula is C24H44O9P2. The molecule has 4 saturated carbocycles. The summed E-state index contributed by atoms with van der Waals surface area (Å²) in [6.45, 7) is 6.56. The molecule has 0 aromatic rings. The third-order valence-electron chi connectivity index (χ3n) is 11.3. The highest BCUT2D eigenvalue weighted by molar-refractivity contribution is 7.72. The maximum atomic E-state index is 11.8. The Labute approximate surface area is 208 Å². The molecule has 7 N–H and O–H groups in total. The number of rotatable bonds is 6. The molecule has 204 valence electrons. The zero-order valence-electron chi connectivity index (χ0n) is 21.0. The first-order chi connectivity index (χ1) is 16.0. The van der Waals surface area contributed by atoms with E-state index < -0.39 is 32.8 Å². The Morgan fingerprint density at radius 3 is 2.06 bits per heavy atom. The fourth-order valence-corrected chi connectivity index (χ4v) is 11.5. The molecule has 0 aromatic carbocycles. The van der Waals surface area contributed by atoms with Gasteiger partial charge in [0.25, 0.3) is 5.08 Å². The van der Waals surface area contributed by atoms with E-state index in [2.05, 4.69) is 13.8 Å². The van der Waals surface area contributed by atoms with Crippen molar-refractivity contribution in [2.45, 2.75) is 102 Å². The van der Waals surface area contributed by atoms with E-state index in [4.69, 9.17) is 0 Å². The molecule has 4 fully saturated rings. The number of hydrogen-bond acceptors (Lipinski definition) is 5. The topological polar surface area (TPSA) is 176 Å². The molecule has 0 aromatic heterocycles. The fourth-order valence-electron chi connectivity index (χ4n) is 9.26. The van der Waals surface area contributed by atoms with Crippen LogP contribution in [0.15, 0.2) is 0 Å². The molecule has 11 heteroatoms. The van der Waals surface area contributed by atoms with Crippen LogP contribution in [0.5, 0.6) is 0 Å². The van der Waals surface area contributed by atoms with Gasteiger partial charge in [-0.25, -0.2) is 0 Å². The van der Waals surface area contributed by atoms with Crippen molar-refractivity contribution in [1.29, 1.82) is 0 Å². The van der Waals surface area contributed by atoms with Gasteiger partial charge in [0.15, 0.2) is 0 Å². The lowest BCUT2D eigenvalue weighted by atomic mass is 9.43. The van der Waals surface area contributed by atoms with Crippen molar-refractivity contribution in [3.63, 3.8) is 0 Å². The van der Waals surface area contributed by atoms with Crippen molar-refractivity contribution in [3.8, 4) is 0 Å². The van der Waals surface area contributed by atoms with Gasteiger partial charge in [-0.1, -0.05) is 20.8 Å². The first-order valence-electron chi connectivity index (χ1n) is 13.2. The SMILES string of the molecule is C[C@H](CCC(O)(P(=O)(O)O)P(=O)(O)O)[C@H]1CC[C@H]2[C@@H]3[C@H](O)C[C@@H]4C[C@H](O)CC[C@]4(C)[C@H]3CC[C@]12C. The van der Waals surface area contributed by atoms with Gasteiger partial charge in [-0.3, -0.25) is 9.13 Å². The fraction of sp³-hybridized carbons (Fsp3) is 1.00. The maximum absolute atomic E-state index is 11.8. The summed E-state index contributed by atoms with van der Waals surface area (Å²) < 4.78 is 23.6. The second-order valence-corrected chi connectivity index (χ2v) is 16.8. The Morgan fingerprint density at radius 2 is 1.46 bits per heavy atom. The van der Waals surface area contributed by atoms with E-state index in [0.29, 0.717) is 17.8 Å². The number of hydrogen-bond donors (Lipinski definition) is 7. The molecule has 4 aliphatic carbocycles. The lowest BCUT2D eigenvalue weighted by Crippen LogP contribution is -2.58. The standard InChI is InChI=1S/C24H44O9P2/c1-14(6-11-24(27,34(28,29)30)35(31,32)33)17-4-5-18-21-19(8-10-23(17,18)3)22(2)9-7-16(25)12-15(22)13-20(21)26/h14-21,25-27H,4-13H2,1-3H3,(H2,28,29,30)(H2,31,32,33)/t14-,15+,16-,17-,18+,19+,20-,21+,22+,23-/m1/s1. The molecule has 4 rings (SSSR count). The summed E-state index contributed by atoms with van der Waals surface area (Å²) in [5.74, 6) is 1.32. The second-order valence-electron chi connectivity index (χ2n) is 12.8. The van der Waals surface area contributed by atoms with Crippen LogP contribution in [-0.2, 0) is 9.13 Å². The van der Waals surface area contributed by atoms with Crippen molar-refractivity contribution in [2.75, 3.05) is 0 Å². The van der Waals surface area contributed by atoms with E-state index in [0.717, 1.165) is 51.4 Å². The Kier molecular flexibility index (Phi) is 7.36. The van der Waals surface area contributed by atoms with Crippen LogP contribution in [0.2, 0.25) is 0 Å². The van der Waals surface area contributed by atoms with E-state index in [9.17, 15) is 44.0 Å². The van der Waals surface area contributed by atoms with E-state index in [-0.39, 0.29) is 41.1 Å². The van der Waals surface area contributed by atoms with Gasteiger partial charge in [0.05, 0.1) is 12.2 Å². The van der Waals surface area contributed by atoms with E-state index in [1.165, 1.54) is 0 Å². The van der Waals surface area contributed by atoms with Crippen LogP contribution < -0.4 is 0 Å². The molecule has 0 spiro atoms. The largest absolute Gasteiger partial charge is 0.393 e. The molecule has 0 aliphatic heterocycles. The van der Waals surface area contributed by atoms with Crippen LogP contribution in [0, 0.1) is 46.3 Å². The van der Waals surface area contributed by atoms with Crippen LogP contribution in [0.3, 0.4) is 0 Å².